The van der Waals surface area contributed by atoms with E-state index in [1.54, 1.807) is 6.07 Å². The number of amides is 1. The standard InChI is InChI=1S/C12H15ClN2O2/c1-12(6-3-7-14-11(12)16)8-4-5-9(13)15-10(8)17-2/h4-5H,3,6-7H2,1-2H3,(H,14,16)/t12-/m0/s1. The fourth-order valence-electron chi connectivity index (χ4n) is 2.20. The number of pyridine rings is 1. The summed E-state index contributed by atoms with van der Waals surface area (Å²) < 4.78 is 5.22. The number of rotatable bonds is 2. The third kappa shape index (κ3) is 2.09. The van der Waals surface area contributed by atoms with Crippen LogP contribution >= 0.6 is 11.6 Å². The molecule has 4 nitrogen and oxygen atoms in total. The minimum atomic E-state index is -0.582. The molecule has 0 aromatic carbocycles. The molecule has 1 amide bonds. The Morgan fingerprint density at radius 1 is 1.53 bits per heavy atom. The van der Waals surface area contributed by atoms with Crippen LogP contribution in [0.1, 0.15) is 25.3 Å². The van der Waals surface area contributed by atoms with Crippen LogP contribution in [0.5, 0.6) is 5.88 Å². The van der Waals surface area contributed by atoms with Crippen molar-refractivity contribution < 1.29 is 9.53 Å². The van der Waals surface area contributed by atoms with Crippen LogP contribution in [-0.2, 0) is 10.2 Å². The second-order valence-corrected chi connectivity index (χ2v) is 4.77. The summed E-state index contributed by atoms with van der Waals surface area (Å²) in [6.07, 6.45) is 1.74. The molecule has 2 rings (SSSR count). The molecule has 17 heavy (non-hydrogen) atoms. The molecule has 0 radical (unpaired) electrons. The van der Waals surface area contributed by atoms with Crippen molar-refractivity contribution in [2.75, 3.05) is 13.7 Å². The first-order chi connectivity index (χ1) is 8.08. The number of aromatic nitrogens is 1. The molecule has 1 aliphatic rings. The molecule has 1 saturated heterocycles. The van der Waals surface area contributed by atoms with Crippen molar-refractivity contribution in [1.29, 1.82) is 0 Å². The van der Waals surface area contributed by atoms with Gasteiger partial charge in [0.2, 0.25) is 11.8 Å². The third-order valence-electron chi connectivity index (χ3n) is 3.25. The fraction of sp³-hybridized carbons (Fsp3) is 0.500. The number of hydrogen-bond acceptors (Lipinski definition) is 3. The first kappa shape index (κ1) is 12.2. The number of hydrogen-bond donors (Lipinski definition) is 1. The van der Waals surface area contributed by atoms with Gasteiger partial charge in [0.05, 0.1) is 12.5 Å². The first-order valence-corrected chi connectivity index (χ1v) is 5.95. The molecular formula is C12H15ClN2O2. The summed E-state index contributed by atoms with van der Waals surface area (Å²) in [5.74, 6) is 0.447. The lowest BCUT2D eigenvalue weighted by molar-refractivity contribution is -0.128. The number of nitrogens with zero attached hydrogens (tertiary/aromatic N) is 1. The molecule has 1 fully saturated rings. The summed E-state index contributed by atoms with van der Waals surface area (Å²) in [6, 6.07) is 3.51. The highest BCUT2D eigenvalue weighted by Gasteiger charge is 2.39. The molecule has 1 aliphatic heterocycles. The van der Waals surface area contributed by atoms with Crippen LogP contribution in [0, 0.1) is 0 Å². The third-order valence-corrected chi connectivity index (χ3v) is 3.46. The number of halogens is 1. The fourth-order valence-corrected chi connectivity index (χ4v) is 2.34. The molecule has 1 atom stereocenters. The van der Waals surface area contributed by atoms with Crippen molar-refractivity contribution in [2.24, 2.45) is 0 Å². The topological polar surface area (TPSA) is 51.2 Å². The van der Waals surface area contributed by atoms with Gasteiger partial charge in [0.1, 0.15) is 5.15 Å². The molecule has 1 aromatic heterocycles. The molecule has 5 heteroatoms. The summed E-state index contributed by atoms with van der Waals surface area (Å²) >= 11 is 5.82. The highest BCUT2D eigenvalue weighted by Crippen LogP contribution is 2.36. The largest absolute Gasteiger partial charge is 0.481 e. The zero-order valence-electron chi connectivity index (χ0n) is 9.92. The van der Waals surface area contributed by atoms with Gasteiger partial charge in [-0.05, 0) is 31.9 Å². The summed E-state index contributed by atoms with van der Waals surface area (Å²) in [5, 5.41) is 3.25. The molecule has 1 N–H and O–H groups in total. The van der Waals surface area contributed by atoms with Crippen molar-refractivity contribution >= 4 is 17.5 Å². The molecule has 0 bridgehead atoms. The van der Waals surface area contributed by atoms with E-state index in [2.05, 4.69) is 10.3 Å². The lowest BCUT2D eigenvalue weighted by atomic mass is 9.76. The number of carbonyl (C=O) groups is 1. The van der Waals surface area contributed by atoms with Gasteiger partial charge in [-0.25, -0.2) is 4.98 Å². The molecule has 0 unspecified atom stereocenters. The SMILES string of the molecule is COc1nc(Cl)ccc1[C@]1(C)CCCNC1=O. The smallest absolute Gasteiger partial charge is 0.230 e. The Hall–Kier alpha value is -1.29. The lowest BCUT2D eigenvalue weighted by Crippen LogP contribution is -2.47. The van der Waals surface area contributed by atoms with Gasteiger partial charge in [-0.1, -0.05) is 11.6 Å². The monoisotopic (exact) mass is 254 g/mol. The van der Waals surface area contributed by atoms with Crippen molar-refractivity contribution in [2.45, 2.75) is 25.2 Å². The van der Waals surface area contributed by atoms with Crippen LogP contribution in [0.2, 0.25) is 5.15 Å². The zero-order chi connectivity index (χ0) is 12.5. The van der Waals surface area contributed by atoms with E-state index in [9.17, 15) is 4.79 Å². The highest BCUT2D eigenvalue weighted by atomic mass is 35.5. The van der Waals surface area contributed by atoms with E-state index in [0.717, 1.165) is 24.9 Å². The lowest BCUT2D eigenvalue weighted by Gasteiger charge is -2.33. The minimum Gasteiger partial charge on any atom is -0.481 e. The predicted octanol–water partition coefficient (Wildman–Crippen LogP) is 1.91. The van der Waals surface area contributed by atoms with Gasteiger partial charge in [-0.15, -0.1) is 0 Å². The summed E-state index contributed by atoms with van der Waals surface area (Å²) in [5.41, 5.74) is 0.211. The van der Waals surface area contributed by atoms with Gasteiger partial charge in [-0.2, -0.15) is 0 Å². The predicted molar refractivity (Wildman–Crippen MR) is 65.4 cm³/mol. The normalized spacial score (nSPS) is 24.3. The van der Waals surface area contributed by atoms with Crippen LogP contribution in [0.4, 0.5) is 0 Å². The second-order valence-electron chi connectivity index (χ2n) is 4.38. The van der Waals surface area contributed by atoms with Crippen LogP contribution in [0.3, 0.4) is 0 Å². The summed E-state index contributed by atoms with van der Waals surface area (Å²) in [6.45, 7) is 2.65. The van der Waals surface area contributed by atoms with Gasteiger partial charge < -0.3 is 10.1 Å². The Labute approximate surface area is 105 Å². The molecule has 0 saturated carbocycles. The maximum atomic E-state index is 12.0. The van der Waals surface area contributed by atoms with E-state index in [1.807, 2.05) is 13.0 Å². The van der Waals surface area contributed by atoms with Crippen LogP contribution < -0.4 is 10.1 Å². The molecule has 1 aromatic rings. The van der Waals surface area contributed by atoms with E-state index in [0.29, 0.717) is 11.0 Å². The number of methoxy groups -OCH3 is 1. The second kappa shape index (κ2) is 4.53. The van der Waals surface area contributed by atoms with E-state index in [4.69, 9.17) is 16.3 Å². The maximum absolute atomic E-state index is 12.0. The van der Waals surface area contributed by atoms with E-state index in [-0.39, 0.29) is 5.91 Å². The van der Waals surface area contributed by atoms with Crippen molar-refractivity contribution in [3.8, 4) is 5.88 Å². The number of nitrogens with one attached hydrogen (secondary N) is 1. The van der Waals surface area contributed by atoms with Crippen molar-refractivity contribution in [1.82, 2.24) is 10.3 Å². The van der Waals surface area contributed by atoms with Crippen molar-refractivity contribution in [3.05, 3.63) is 22.8 Å². The Morgan fingerprint density at radius 3 is 2.94 bits per heavy atom. The average Bonchev–Trinajstić information content (AvgIpc) is 2.32. The molecular weight excluding hydrogens is 240 g/mol. The Morgan fingerprint density at radius 2 is 2.29 bits per heavy atom. The van der Waals surface area contributed by atoms with Crippen molar-refractivity contribution in [3.63, 3.8) is 0 Å². The van der Waals surface area contributed by atoms with Gasteiger partial charge in [-0.3, -0.25) is 4.79 Å². The summed E-state index contributed by atoms with van der Waals surface area (Å²) in [4.78, 5) is 16.2. The Bertz CT molecular complexity index is 450. The summed E-state index contributed by atoms with van der Waals surface area (Å²) in [7, 11) is 1.53. The molecule has 2 heterocycles. The minimum absolute atomic E-state index is 0.0196. The van der Waals surface area contributed by atoms with Crippen LogP contribution in [0.25, 0.3) is 0 Å². The number of carbonyl (C=O) groups excluding carboxylic acids is 1. The highest BCUT2D eigenvalue weighted by molar-refractivity contribution is 6.29. The molecule has 0 aliphatic carbocycles. The molecule has 92 valence electrons. The van der Waals surface area contributed by atoms with E-state index in [1.165, 1.54) is 7.11 Å². The van der Waals surface area contributed by atoms with Crippen LogP contribution in [0.15, 0.2) is 12.1 Å². The zero-order valence-corrected chi connectivity index (χ0v) is 10.7. The molecule has 0 spiro atoms. The maximum Gasteiger partial charge on any atom is 0.230 e. The van der Waals surface area contributed by atoms with E-state index >= 15 is 0 Å². The Kier molecular flexibility index (Phi) is 3.24. The number of ether oxygens (including phenoxy) is 1. The van der Waals surface area contributed by atoms with Gasteiger partial charge in [0.15, 0.2) is 0 Å². The van der Waals surface area contributed by atoms with Gasteiger partial charge in [0.25, 0.3) is 0 Å². The first-order valence-electron chi connectivity index (χ1n) is 5.57. The van der Waals surface area contributed by atoms with Crippen LogP contribution in [-0.4, -0.2) is 24.5 Å². The average molecular weight is 255 g/mol. The number of piperidine rings is 1. The Balaban J connectivity index is 2.47. The van der Waals surface area contributed by atoms with Gasteiger partial charge in [0, 0.05) is 12.1 Å². The van der Waals surface area contributed by atoms with Gasteiger partial charge >= 0.3 is 0 Å². The quantitative estimate of drug-likeness (QED) is 0.821. The van der Waals surface area contributed by atoms with E-state index < -0.39 is 5.41 Å².